The number of carbonyl (C=O) groups is 1. The first-order chi connectivity index (χ1) is 5.49. The van der Waals surface area contributed by atoms with Crippen LogP contribution in [0.3, 0.4) is 0 Å². The Bertz CT molecular complexity index is 259. The molecule has 66 valence electrons. The van der Waals surface area contributed by atoms with E-state index in [1.165, 1.54) is 12.5 Å². The fourth-order valence-corrected chi connectivity index (χ4v) is 0.730. The summed E-state index contributed by atoms with van der Waals surface area (Å²) in [5.41, 5.74) is 0.221. The summed E-state index contributed by atoms with van der Waals surface area (Å²) in [6, 6.07) is 0. The van der Waals surface area contributed by atoms with Crippen molar-refractivity contribution in [1.82, 2.24) is 10.5 Å². The molecular weight excluding hydrogens is 156 g/mol. The summed E-state index contributed by atoms with van der Waals surface area (Å²) in [5, 5.41) is 6.22. The maximum absolute atomic E-state index is 11.3. The van der Waals surface area contributed by atoms with E-state index in [0.29, 0.717) is 5.56 Å². The minimum absolute atomic E-state index is 0.163. The van der Waals surface area contributed by atoms with Gasteiger partial charge < -0.3 is 9.84 Å². The fraction of sp³-hybridized carbons (Fsp3) is 0.500. The van der Waals surface area contributed by atoms with Gasteiger partial charge in [-0.05, 0) is 20.8 Å². The van der Waals surface area contributed by atoms with Crippen molar-refractivity contribution in [3.63, 3.8) is 0 Å². The normalized spacial score (nSPS) is 11.2. The van der Waals surface area contributed by atoms with E-state index in [-0.39, 0.29) is 11.4 Å². The molecule has 0 saturated carbocycles. The average Bonchev–Trinajstić information content (AvgIpc) is 2.32. The van der Waals surface area contributed by atoms with Crippen LogP contribution in [-0.2, 0) is 0 Å². The molecule has 0 aliphatic carbocycles. The Morgan fingerprint density at radius 2 is 2.25 bits per heavy atom. The zero-order chi connectivity index (χ0) is 9.19. The van der Waals surface area contributed by atoms with E-state index in [1.54, 1.807) is 0 Å². The van der Waals surface area contributed by atoms with Gasteiger partial charge in [-0.3, -0.25) is 4.79 Å². The minimum Gasteiger partial charge on any atom is -0.364 e. The van der Waals surface area contributed by atoms with Gasteiger partial charge in [0.25, 0.3) is 5.91 Å². The van der Waals surface area contributed by atoms with Crippen molar-refractivity contribution in [2.75, 3.05) is 0 Å². The molecule has 4 heteroatoms. The summed E-state index contributed by atoms with van der Waals surface area (Å²) >= 11 is 0. The molecule has 1 rings (SSSR count). The summed E-state index contributed by atoms with van der Waals surface area (Å²) in [4.78, 5) is 11.3. The van der Waals surface area contributed by atoms with E-state index in [1.807, 2.05) is 20.8 Å². The number of rotatable bonds is 1. The van der Waals surface area contributed by atoms with Crippen LogP contribution in [0.25, 0.3) is 0 Å². The molecule has 0 spiro atoms. The van der Waals surface area contributed by atoms with Crippen LogP contribution < -0.4 is 5.32 Å². The van der Waals surface area contributed by atoms with Crippen molar-refractivity contribution in [2.45, 2.75) is 26.3 Å². The van der Waals surface area contributed by atoms with Gasteiger partial charge in [-0.2, -0.15) is 0 Å². The largest absolute Gasteiger partial charge is 0.364 e. The average molecular weight is 168 g/mol. The van der Waals surface area contributed by atoms with Gasteiger partial charge in [-0.25, -0.2) is 0 Å². The Hall–Kier alpha value is -1.32. The molecular formula is C8H12N2O2. The Balaban J connectivity index is 2.63. The molecule has 0 aliphatic rings. The summed E-state index contributed by atoms with van der Waals surface area (Å²) in [6.07, 6.45) is 2.71. The van der Waals surface area contributed by atoms with Crippen LogP contribution in [-0.4, -0.2) is 16.6 Å². The number of aromatic nitrogens is 1. The summed E-state index contributed by atoms with van der Waals surface area (Å²) in [7, 11) is 0. The third-order valence-electron chi connectivity index (χ3n) is 1.18. The molecule has 4 nitrogen and oxygen atoms in total. The second kappa shape index (κ2) is 2.97. The molecule has 0 aliphatic heterocycles. The minimum atomic E-state index is -0.228. The molecule has 1 heterocycles. The fourth-order valence-electron chi connectivity index (χ4n) is 0.730. The highest BCUT2D eigenvalue weighted by atomic mass is 16.5. The molecule has 12 heavy (non-hydrogen) atoms. The Morgan fingerprint density at radius 1 is 1.58 bits per heavy atom. The van der Waals surface area contributed by atoms with Gasteiger partial charge in [0.2, 0.25) is 0 Å². The predicted octanol–water partition coefficient (Wildman–Crippen LogP) is 1.20. The van der Waals surface area contributed by atoms with Gasteiger partial charge in [0.1, 0.15) is 6.26 Å². The second-order valence-electron chi connectivity index (χ2n) is 3.62. The van der Waals surface area contributed by atoms with Crippen LogP contribution in [0.5, 0.6) is 0 Å². The molecule has 0 radical (unpaired) electrons. The van der Waals surface area contributed by atoms with Gasteiger partial charge in [-0.15, -0.1) is 0 Å². The number of nitrogens with one attached hydrogen (secondary N) is 1. The Morgan fingerprint density at radius 3 is 2.67 bits per heavy atom. The molecule has 0 saturated heterocycles. The lowest BCUT2D eigenvalue weighted by molar-refractivity contribution is 0.0919. The van der Waals surface area contributed by atoms with Crippen LogP contribution in [0, 0.1) is 0 Å². The molecule has 0 atom stereocenters. The van der Waals surface area contributed by atoms with Crippen molar-refractivity contribution in [3.05, 3.63) is 18.0 Å². The van der Waals surface area contributed by atoms with Crippen molar-refractivity contribution in [2.24, 2.45) is 0 Å². The Labute approximate surface area is 70.9 Å². The predicted molar refractivity (Wildman–Crippen MR) is 43.7 cm³/mol. The maximum Gasteiger partial charge on any atom is 0.256 e. The molecule has 0 aromatic carbocycles. The first-order valence-corrected chi connectivity index (χ1v) is 3.71. The second-order valence-corrected chi connectivity index (χ2v) is 3.62. The van der Waals surface area contributed by atoms with Crippen molar-refractivity contribution >= 4 is 5.91 Å². The van der Waals surface area contributed by atoms with Gasteiger partial charge in [0, 0.05) is 5.54 Å². The number of amides is 1. The maximum atomic E-state index is 11.3. The van der Waals surface area contributed by atoms with E-state index in [2.05, 4.69) is 15.0 Å². The number of hydrogen-bond acceptors (Lipinski definition) is 3. The van der Waals surface area contributed by atoms with E-state index in [0.717, 1.165) is 0 Å². The van der Waals surface area contributed by atoms with Gasteiger partial charge >= 0.3 is 0 Å². The summed E-state index contributed by atoms with van der Waals surface area (Å²) in [5.74, 6) is -0.163. The Kier molecular flexibility index (Phi) is 2.17. The van der Waals surface area contributed by atoms with Gasteiger partial charge in [0.15, 0.2) is 0 Å². The third kappa shape index (κ3) is 2.38. The molecule has 1 aromatic heterocycles. The molecule has 0 bridgehead atoms. The molecule has 0 fully saturated rings. The van der Waals surface area contributed by atoms with E-state index in [9.17, 15) is 4.79 Å². The monoisotopic (exact) mass is 168 g/mol. The van der Waals surface area contributed by atoms with Crippen LogP contribution in [0.2, 0.25) is 0 Å². The highest BCUT2D eigenvalue weighted by Gasteiger charge is 2.15. The quantitative estimate of drug-likeness (QED) is 0.685. The lowest BCUT2D eigenvalue weighted by atomic mass is 10.1. The standard InChI is InChI=1S/C8H12N2O2/c1-8(2,3)10-7(11)6-4-9-12-5-6/h4-5H,1-3H3,(H,10,11). The number of nitrogens with zero attached hydrogens (tertiary/aromatic N) is 1. The van der Waals surface area contributed by atoms with Crippen molar-refractivity contribution < 1.29 is 9.32 Å². The molecule has 1 N–H and O–H groups in total. The first kappa shape index (κ1) is 8.77. The highest BCUT2D eigenvalue weighted by Crippen LogP contribution is 2.02. The third-order valence-corrected chi connectivity index (χ3v) is 1.18. The number of carbonyl (C=O) groups excluding carboxylic acids is 1. The first-order valence-electron chi connectivity index (χ1n) is 3.71. The summed E-state index contributed by atoms with van der Waals surface area (Å²) in [6.45, 7) is 5.75. The zero-order valence-corrected chi connectivity index (χ0v) is 7.42. The highest BCUT2D eigenvalue weighted by molar-refractivity contribution is 5.93. The van der Waals surface area contributed by atoms with Crippen LogP contribution in [0.1, 0.15) is 31.1 Å². The zero-order valence-electron chi connectivity index (χ0n) is 7.42. The van der Waals surface area contributed by atoms with Crippen LogP contribution in [0.4, 0.5) is 0 Å². The molecule has 0 unspecified atom stereocenters. The van der Waals surface area contributed by atoms with Crippen molar-refractivity contribution in [3.8, 4) is 0 Å². The van der Waals surface area contributed by atoms with Gasteiger partial charge in [-0.1, -0.05) is 5.16 Å². The lowest BCUT2D eigenvalue weighted by Gasteiger charge is -2.19. The number of hydrogen-bond donors (Lipinski definition) is 1. The van der Waals surface area contributed by atoms with E-state index < -0.39 is 0 Å². The smallest absolute Gasteiger partial charge is 0.256 e. The molecule has 1 amide bonds. The van der Waals surface area contributed by atoms with Crippen LogP contribution >= 0.6 is 0 Å². The SMILES string of the molecule is CC(C)(C)NC(=O)c1cnoc1. The van der Waals surface area contributed by atoms with Gasteiger partial charge in [0.05, 0.1) is 11.8 Å². The van der Waals surface area contributed by atoms with E-state index >= 15 is 0 Å². The summed E-state index contributed by atoms with van der Waals surface area (Å²) < 4.78 is 4.54. The molecule has 1 aromatic rings. The van der Waals surface area contributed by atoms with E-state index in [4.69, 9.17) is 0 Å². The lowest BCUT2D eigenvalue weighted by Crippen LogP contribution is -2.40. The van der Waals surface area contributed by atoms with Crippen molar-refractivity contribution in [1.29, 1.82) is 0 Å². The topological polar surface area (TPSA) is 55.1 Å². The van der Waals surface area contributed by atoms with Crippen LogP contribution in [0.15, 0.2) is 17.0 Å².